The van der Waals surface area contributed by atoms with E-state index in [0.29, 0.717) is 0 Å². The van der Waals surface area contributed by atoms with E-state index in [4.69, 9.17) is 0 Å². The molecule has 5 heteroatoms. The minimum atomic E-state index is 1.11. The molecule has 0 bridgehead atoms. The Morgan fingerprint density at radius 3 is 1.94 bits per heavy atom. The fourth-order valence-corrected chi connectivity index (χ4v) is 2.48. The van der Waals surface area contributed by atoms with Gasteiger partial charge in [-0.05, 0) is 19.9 Å². The van der Waals surface area contributed by atoms with Crippen LogP contribution in [0.5, 0.6) is 0 Å². The number of nitrogens with one attached hydrogen (secondary N) is 1. The van der Waals surface area contributed by atoms with Gasteiger partial charge in [-0.3, -0.25) is 4.31 Å². The van der Waals surface area contributed by atoms with E-state index < -0.39 is 0 Å². The topological polar surface area (TPSA) is 15.3 Å². The van der Waals surface area contributed by atoms with Crippen molar-refractivity contribution in [2.45, 2.75) is 51.4 Å². The molecule has 0 saturated carbocycles. The quantitative estimate of drug-likeness (QED) is 0.285. The average Bonchev–Trinajstić information content (AvgIpc) is 2.25. The van der Waals surface area contributed by atoms with E-state index in [1.807, 2.05) is 11.4 Å². The van der Waals surface area contributed by atoms with Crippen LogP contribution in [0.25, 0.3) is 0 Å². The molecular weight excluding hydrogens is 256 g/mol. The van der Waals surface area contributed by atoms with Crippen LogP contribution in [0.4, 0.5) is 0 Å². The fraction of sp³-hybridized carbons (Fsp3) is 1.00. The van der Waals surface area contributed by atoms with Gasteiger partial charge in [0.15, 0.2) is 0 Å². The summed E-state index contributed by atoms with van der Waals surface area (Å²) in [6.45, 7) is 1.11. The predicted octanol–water partition coefficient (Wildman–Crippen LogP) is 3.97. The maximum Gasteiger partial charge on any atom is 0.00866 e. The van der Waals surface area contributed by atoms with Gasteiger partial charge >= 0.3 is 0 Å². The summed E-state index contributed by atoms with van der Waals surface area (Å²) in [4.78, 5) is 0. The summed E-state index contributed by atoms with van der Waals surface area (Å²) in [5, 5.41) is 0. The lowest BCUT2D eigenvalue weighted by atomic mass is 10.1. The van der Waals surface area contributed by atoms with Gasteiger partial charge < -0.3 is 0 Å². The highest BCUT2D eigenvalue weighted by molar-refractivity contribution is 8.06. The SMILES string of the molecule is CN(S)CCCCCCCCCCSNS. The molecule has 0 aromatic rings. The van der Waals surface area contributed by atoms with Gasteiger partial charge in [0.05, 0.1) is 0 Å². The molecule has 0 rings (SSSR count). The Morgan fingerprint density at radius 2 is 1.44 bits per heavy atom. The molecule has 0 unspecified atom stereocenters. The Hall–Kier alpha value is 0.970. The fourth-order valence-electron chi connectivity index (χ4n) is 1.62. The summed E-state index contributed by atoms with van der Waals surface area (Å²) >= 11 is 9.84. The second kappa shape index (κ2) is 14.0. The average molecular weight is 283 g/mol. The molecule has 0 aromatic heterocycles. The van der Waals surface area contributed by atoms with E-state index in [1.54, 1.807) is 11.9 Å². The standard InChI is InChI=1S/C11H26N2S3/c1-13(15)10-8-6-4-2-3-5-7-9-11-16-12-14/h12,14-15H,2-11H2,1H3. The van der Waals surface area contributed by atoms with Crippen LogP contribution in [0.3, 0.4) is 0 Å². The molecule has 0 heterocycles. The van der Waals surface area contributed by atoms with E-state index in [2.05, 4.69) is 29.8 Å². The summed E-state index contributed by atoms with van der Waals surface area (Å²) in [5.74, 6) is 1.18. The van der Waals surface area contributed by atoms with Gasteiger partial charge in [-0.2, -0.15) is 0 Å². The van der Waals surface area contributed by atoms with Gasteiger partial charge in [0.25, 0.3) is 0 Å². The maximum atomic E-state index is 4.22. The van der Waals surface area contributed by atoms with Crippen molar-refractivity contribution < 1.29 is 0 Å². The molecule has 0 aromatic carbocycles. The largest absolute Gasteiger partial charge is 0.256 e. The first-order valence-corrected chi connectivity index (χ1v) is 8.01. The van der Waals surface area contributed by atoms with E-state index in [1.165, 1.54) is 57.1 Å². The van der Waals surface area contributed by atoms with Crippen molar-refractivity contribution in [1.29, 1.82) is 0 Å². The molecular formula is C11H26N2S3. The normalized spacial score (nSPS) is 11.2. The Kier molecular flexibility index (Phi) is 14.9. The number of thiol groups is 2. The third-order valence-electron chi connectivity index (χ3n) is 2.54. The molecule has 0 radical (unpaired) electrons. The van der Waals surface area contributed by atoms with E-state index in [9.17, 15) is 0 Å². The van der Waals surface area contributed by atoms with Crippen LogP contribution in [0.15, 0.2) is 0 Å². The molecule has 98 valence electrons. The van der Waals surface area contributed by atoms with Crippen LogP contribution in [-0.4, -0.2) is 23.7 Å². The zero-order valence-corrected chi connectivity index (χ0v) is 12.9. The molecule has 0 spiro atoms. The van der Waals surface area contributed by atoms with Crippen LogP contribution < -0.4 is 4.13 Å². The molecule has 16 heavy (non-hydrogen) atoms. The van der Waals surface area contributed by atoms with Gasteiger partial charge in [0, 0.05) is 12.3 Å². The van der Waals surface area contributed by atoms with Crippen molar-refractivity contribution in [2.24, 2.45) is 0 Å². The second-order valence-electron chi connectivity index (χ2n) is 4.15. The Morgan fingerprint density at radius 1 is 0.938 bits per heavy atom. The van der Waals surface area contributed by atoms with Crippen molar-refractivity contribution in [2.75, 3.05) is 19.3 Å². The summed E-state index contributed by atoms with van der Waals surface area (Å²) in [5.41, 5.74) is 0. The van der Waals surface area contributed by atoms with Crippen LogP contribution in [0, 0.1) is 0 Å². The number of unbranched alkanes of at least 4 members (excludes halogenated alkanes) is 7. The molecule has 0 saturated heterocycles. The van der Waals surface area contributed by atoms with Crippen molar-refractivity contribution in [3.8, 4) is 0 Å². The van der Waals surface area contributed by atoms with Crippen molar-refractivity contribution in [3.05, 3.63) is 0 Å². The lowest BCUT2D eigenvalue weighted by molar-refractivity contribution is 0.507. The number of rotatable bonds is 12. The molecule has 0 aliphatic carbocycles. The van der Waals surface area contributed by atoms with Crippen molar-refractivity contribution in [3.63, 3.8) is 0 Å². The zero-order valence-electron chi connectivity index (χ0n) is 10.3. The highest BCUT2D eigenvalue weighted by atomic mass is 32.2. The lowest BCUT2D eigenvalue weighted by Crippen LogP contribution is -2.05. The molecule has 0 aliphatic heterocycles. The summed E-state index contributed by atoms with van der Waals surface area (Å²) in [6, 6.07) is 0. The highest BCUT2D eigenvalue weighted by Crippen LogP contribution is 2.10. The molecule has 0 aliphatic rings. The first-order chi connectivity index (χ1) is 7.77. The lowest BCUT2D eigenvalue weighted by Gasteiger charge is -2.07. The minimum Gasteiger partial charge on any atom is -0.256 e. The van der Waals surface area contributed by atoms with Crippen LogP contribution >= 0.6 is 37.6 Å². The number of hydrogen-bond acceptors (Lipinski definition) is 5. The Balaban J connectivity index is 2.88. The summed E-state index contributed by atoms with van der Waals surface area (Å²) in [6.07, 6.45) is 10.9. The van der Waals surface area contributed by atoms with E-state index in [0.717, 1.165) is 6.54 Å². The second-order valence-corrected chi connectivity index (χ2v) is 6.26. The third kappa shape index (κ3) is 15.0. The van der Waals surface area contributed by atoms with E-state index >= 15 is 0 Å². The van der Waals surface area contributed by atoms with Crippen molar-refractivity contribution in [1.82, 2.24) is 8.43 Å². The highest BCUT2D eigenvalue weighted by Gasteiger charge is 1.94. The van der Waals surface area contributed by atoms with Gasteiger partial charge in [-0.15, -0.1) is 0 Å². The molecule has 2 nitrogen and oxygen atoms in total. The third-order valence-corrected chi connectivity index (χ3v) is 3.75. The Bertz CT molecular complexity index is 134. The van der Waals surface area contributed by atoms with Gasteiger partial charge in [-0.1, -0.05) is 76.1 Å². The van der Waals surface area contributed by atoms with Gasteiger partial charge in [0.1, 0.15) is 0 Å². The monoisotopic (exact) mass is 282 g/mol. The smallest absolute Gasteiger partial charge is 0.00866 e. The molecule has 0 amide bonds. The van der Waals surface area contributed by atoms with Gasteiger partial charge in [0.2, 0.25) is 0 Å². The maximum absolute atomic E-state index is 4.22. The van der Waals surface area contributed by atoms with Crippen LogP contribution in [0.2, 0.25) is 0 Å². The number of nitrogens with zero attached hydrogens (tertiary/aromatic N) is 1. The van der Waals surface area contributed by atoms with Crippen molar-refractivity contribution >= 4 is 37.6 Å². The molecule has 1 N–H and O–H groups in total. The van der Waals surface area contributed by atoms with E-state index in [-0.39, 0.29) is 0 Å². The van der Waals surface area contributed by atoms with Gasteiger partial charge in [-0.25, -0.2) is 4.13 Å². The van der Waals surface area contributed by atoms with Crippen LogP contribution in [0.1, 0.15) is 51.4 Å². The zero-order chi connectivity index (χ0) is 12.1. The summed E-state index contributed by atoms with van der Waals surface area (Å²) in [7, 11) is 2.01. The Labute approximate surface area is 117 Å². The van der Waals surface area contributed by atoms with Crippen LogP contribution in [-0.2, 0) is 0 Å². The minimum absolute atomic E-state index is 1.11. The first-order valence-electron chi connectivity index (χ1n) is 6.18. The number of hydrogen-bond donors (Lipinski definition) is 3. The first kappa shape index (κ1) is 17.0. The summed E-state index contributed by atoms with van der Waals surface area (Å²) < 4.78 is 4.77. The molecule has 0 fully saturated rings. The molecule has 0 atom stereocenters. The predicted molar refractivity (Wildman–Crippen MR) is 83.1 cm³/mol.